The highest BCUT2D eigenvalue weighted by Gasteiger charge is 2.25. The number of nitrogens with two attached hydrogens (primary N) is 1. The maximum Gasteiger partial charge on any atom is 0.127 e. The highest BCUT2D eigenvalue weighted by atomic mass is 32.1. The minimum Gasteiger partial charge on any atom is -0.390 e. The molecule has 6 heteroatoms. The summed E-state index contributed by atoms with van der Waals surface area (Å²) >= 11 is 3.44. The highest BCUT2D eigenvalue weighted by Crippen LogP contribution is 2.43. The average Bonchev–Trinajstić information content (AvgIpc) is 3.15. The molecule has 0 radical (unpaired) electrons. The van der Waals surface area contributed by atoms with Gasteiger partial charge in [0.15, 0.2) is 0 Å². The molecule has 0 bridgehead atoms. The Kier molecular flexibility index (Phi) is 4.94. The third-order valence-electron chi connectivity index (χ3n) is 4.01. The van der Waals surface area contributed by atoms with Gasteiger partial charge in [0.2, 0.25) is 0 Å². The van der Waals surface area contributed by atoms with Crippen LogP contribution in [0.15, 0.2) is 18.5 Å². The van der Waals surface area contributed by atoms with Crippen LogP contribution < -0.4 is 5.73 Å². The van der Waals surface area contributed by atoms with Crippen LogP contribution in [-0.2, 0) is 13.0 Å². The zero-order chi connectivity index (χ0) is 16.4. The number of fused-ring (bicyclic) bond motifs is 2. The molecular weight excluding hydrogens is 324 g/mol. The number of aromatic nitrogens is 2. The van der Waals surface area contributed by atoms with Gasteiger partial charge in [-0.1, -0.05) is 20.8 Å². The molecule has 3 aromatic heterocycles. The number of thiophene rings is 1. The number of anilines is 1. The van der Waals surface area contributed by atoms with Crippen molar-refractivity contribution in [3.05, 3.63) is 28.9 Å². The number of thiazole rings is 1. The van der Waals surface area contributed by atoms with Crippen molar-refractivity contribution in [2.45, 2.75) is 33.7 Å². The molecule has 1 aliphatic heterocycles. The van der Waals surface area contributed by atoms with Gasteiger partial charge in [-0.2, -0.15) is 0 Å². The number of nitrogen functional groups attached to an aromatic ring is 1. The van der Waals surface area contributed by atoms with Gasteiger partial charge < -0.3 is 5.73 Å². The molecule has 0 aromatic carbocycles. The standard InChI is InChI=1S/C15H16N4S2.C2H6/c1-2-19-6-4-9-12(8-19)20-14(16)13(9)15-18-10-7-17-5-3-11(10)21-15;1-2/h3,5,7H,2,4,6,8,16H2,1H3;1-2H3. The maximum atomic E-state index is 6.31. The third kappa shape index (κ3) is 2.98. The van der Waals surface area contributed by atoms with Gasteiger partial charge >= 0.3 is 0 Å². The van der Waals surface area contributed by atoms with Crippen LogP contribution in [0.3, 0.4) is 0 Å². The minimum atomic E-state index is 0.907. The van der Waals surface area contributed by atoms with E-state index in [1.807, 2.05) is 32.3 Å². The van der Waals surface area contributed by atoms with Crippen LogP contribution in [0.4, 0.5) is 5.00 Å². The van der Waals surface area contributed by atoms with E-state index in [0.29, 0.717) is 0 Å². The number of hydrogen-bond donors (Lipinski definition) is 1. The molecular formula is C17H22N4S2. The van der Waals surface area contributed by atoms with E-state index in [9.17, 15) is 0 Å². The van der Waals surface area contributed by atoms with Gasteiger partial charge in [-0.15, -0.1) is 22.7 Å². The molecule has 4 heterocycles. The number of hydrogen-bond acceptors (Lipinski definition) is 6. The molecule has 0 saturated carbocycles. The van der Waals surface area contributed by atoms with Crippen molar-refractivity contribution in [3.63, 3.8) is 0 Å². The first kappa shape index (κ1) is 16.4. The maximum absolute atomic E-state index is 6.31. The lowest BCUT2D eigenvalue weighted by molar-refractivity contribution is 0.272. The van der Waals surface area contributed by atoms with E-state index in [4.69, 9.17) is 10.7 Å². The molecule has 0 atom stereocenters. The summed E-state index contributed by atoms with van der Waals surface area (Å²) in [6.07, 6.45) is 4.71. The van der Waals surface area contributed by atoms with Crippen molar-refractivity contribution in [2.75, 3.05) is 18.8 Å². The molecule has 1 aliphatic rings. The Hall–Kier alpha value is -1.50. The number of nitrogens with zero attached hydrogens (tertiary/aromatic N) is 3. The van der Waals surface area contributed by atoms with Gasteiger partial charge in [0.25, 0.3) is 0 Å². The topological polar surface area (TPSA) is 55.0 Å². The fraction of sp³-hybridized carbons (Fsp3) is 0.412. The molecule has 0 spiro atoms. The Bertz CT molecular complexity index is 773. The summed E-state index contributed by atoms with van der Waals surface area (Å²) in [5, 5.41) is 1.95. The predicted molar refractivity (Wildman–Crippen MR) is 101 cm³/mol. The fourth-order valence-electron chi connectivity index (χ4n) is 2.87. The van der Waals surface area contributed by atoms with Crippen molar-refractivity contribution in [1.29, 1.82) is 0 Å². The second-order valence-electron chi connectivity index (χ2n) is 5.22. The van der Waals surface area contributed by atoms with Crippen molar-refractivity contribution in [3.8, 4) is 10.6 Å². The van der Waals surface area contributed by atoms with E-state index >= 15 is 0 Å². The first-order valence-electron chi connectivity index (χ1n) is 8.09. The van der Waals surface area contributed by atoms with Gasteiger partial charge in [0.1, 0.15) is 10.5 Å². The van der Waals surface area contributed by atoms with E-state index in [0.717, 1.165) is 41.6 Å². The summed E-state index contributed by atoms with van der Waals surface area (Å²) in [6.45, 7) is 9.44. The normalized spacial score (nSPS) is 14.4. The van der Waals surface area contributed by atoms with Crippen LogP contribution in [0.25, 0.3) is 20.8 Å². The molecule has 3 aromatic rings. The molecule has 2 N–H and O–H groups in total. The van der Waals surface area contributed by atoms with Gasteiger partial charge in [0, 0.05) is 29.7 Å². The lowest BCUT2D eigenvalue weighted by Gasteiger charge is -2.25. The molecule has 0 saturated heterocycles. The summed E-state index contributed by atoms with van der Waals surface area (Å²) in [5.41, 5.74) is 9.86. The van der Waals surface area contributed by atoms with Gasteiger partial charge in [-0.05, 0) is 24.6 Å². The molecule has 0 aliphatic carbocycles. The number of rotatable bonds is 2. The third-order valence-corrected chi connectivity index (χ3v) is 6.11. The zero-order valence-corrected chi connectivity index (χ0v) is 15.4. The summed E-state index contributed by atoms with van der Waals surface area (Å²) in [7, 11) is 0. The smallest absolute Gasteiger partial charge is 0.127 e. The van der Waals surface area contributed by atoms with Crippen LogP contribution in [0, 0.1) is 0 Å². The zero-order valence-electron chi connectivity index (χ0n) is 13.8. The van der Waals surface area contributed by atoms with Crippen LogP contribution in [-0.4, -0.2) is 28.0 Å². The van der Waals surface area contributed by atoms with E-state index in [-0.39, 0.29) is 0 Å². The van der Waals surface area contributed by atoms with E-state index < -0.39 is 0 Å². The SMILES string of the molecule is CC.CCN1CCc2c(sc(N)c2-c2nc3cnccc3s2)C1. The monoisotopic (exact) mass is 346 g/mol. The van der Waals surface area contributed by atoms with E-state index in [1.165, 1.54) is 20.7 Å². The summed E-state index contributed by atoms with van der Waals surface area (Å²) in [5.74, 6) is 0. The van der Waals surface area contributed by atoms with Crippen molar-refractivity contribution in [1.82, 2.24) is 14.9 Å². The van der Waals surface area contributed by atoms with Crippen molar-refractivity contribution < 1.29 is 0 Å². The van der Waals surface area contributed by atoms with Crippen molar-refractivity contribution >= 4 is 37.9 Å². The second-order valence-corrected chi connectivity index (χ2v) is 7.39. The largest absolute Gasteiger partial charge is 0.390 e. The van der Waals surface area contributed by atoms with E-state index in [2.05, 4.69) is 16.8 Å². The highest BCUT2D eigenvalue weighted by molar-refractivity contribution is 7.22. The van der Waals surface area contributed by atoms with Gasteiger partial charge in [-0.25, -0.2) is 4.98 Å². The lowest BCUT2D eigenvalue weighted by atomic mass is 10.0. The molecule has 4 rings (SSSR count). The molecule has 122 valence electrons. The Morgan fingerprint density at radius 3 is 2.87 bits per heavy atom. The average molecular weight is 347 g/mol. The first-order valence-corrected chi connectivity index (χ1v) is 9.73. The van der Waals surface area contributed by atoms with Crippen LogP contribution in [0.2, 0.25) is 0 Å². The Morgan fingerprint density at radius 1 is 1.30 bits per heavy atom. The Balaban J connectivity index is 0.000000753. The van der Waals surface area contributed by atoms with Crippen molar-refractivity contribution in [2.24, 2.45) is 0 Å². The molecule has 0 unspecified atom stereocenters. The van der Waals surface area contributed by atoms with Crippen LogP contribution in [0.1, 0.15) is 31.2 Å². The number of likely N-dealkylation sites (N-methyl/N-ethyl adjacent to an activating group) is 1. The molecule has 23 heavy (non-hydrogen) atoms. The fourth-order valence-corrected chi connectivity index (χ4v) is 5.11. The summed E-state index contributed by atoms with van der Waals surface area (Å²) < 4.78 is 1.17. The molecule has 4 nitrogen and oxygen atoms in total. The quantitative estimate of drug-likeness (QED) is 0.747. The lowest BCUT2D eigenvalue weighted by Crippen LogP contribution is -2.29. The van der Waals surface area contributed by atoms with Crippen LogP contribution >= 0.6 is 22.7 Å². The Morgan fingerprint density at radius 2 is 2.13 bits per heavy atom. The van der Waals surface area contributed by atoms with E-state index in [1.54, 1.807) is 22.7 Å². The van der Waals surface area contributed by atoms with Crippen LogP contribution in [0.5, 0.6) is 0 Å². The molecule has 0 fully saturated rings. The van der Waals surface area contributed by atoms with Gasteiger partial charge in [-0.3, -0.25) is 9.88 Å². The first-order chi connectivity index (χ1) is 11.3. The molecule has 0 amide bonds. The Labute approximate surface area is 145 Å². The minimum absolute atomic E-state index is 0.907. The predicted octanol–water partition coefficient (Wildman–Crippen LogP) is 4.41. The van der Waals surface area contributed by atoms with Gasteiger partial charge in [0.05, 0.1) is 15.9 Å². The summed E-state index contributed by atoms with van der Waals surface area (Å²) in [6, 6.07) is 2.02. The second kappa shape index (κ2) is 6.95. The number of pyridine rings is 1. The summed E-state index contributed by atoms with van der Waals surface area (Å²) in [4.78, 5) is 12.8.